The Hall–Kier alpha value is -2.28. The number of nitrogens with one attached hydrogen (secondary N) is 1. The van der Waals surface area contributed by atoms with Crippen molar-refractivity contribution in [2.24, 2.45) is 0 Å². The quantitative estimate of drug-likeness (QED) is 0.742. The van der Waals surface area contributed by atoms with Gasteiger partial charge >= 0.3 is 6.18 Å². The molecule has 0 saturated carbocycles. The molecule has 118 valence electrons. The number of anilines is 1. The number of hydrogen-bond donors (Lipinski definition) is 1. The second kappa shape index (κ2) is 5.13. The molecule has 1 aromatic carbocycles. The number of hydrogen-bond acceptors (Lipinski definition) is 3. The van der Waals surface area contributed by atoms with Crippen LogP contribution in [0.2, 0.25) is 0 Å². The number of aromatic nitrogens is 2. The third-order valence-electron chi connectivity index (χ3n) is 3.82. The predicted molar refractivity (Wildman–Crippen MR) is 84.1 cm³/mol. The van der Waals surface area contributed by atoms with Gasteiger partial charge in [-0.3, -0.25) is 0 Å². The van der Waals surface area contributed by atoms with Crippen LogP contribution in [0.15, 0.2) is 41.8 Å². The summed E-state index contributed by atoms with van der Waals surface area (Å²) in [6, 6.07) is 9.17. The Labute approximate surface area is 134 Å². The van der Waals surface area contributed by atoms with Crippen LogP contribution in [0.4, 0.5) is 19.0 Å². The van der Waals surface area contributed by atoms with E-state index >= 15 is 0 Å². The zero-order valence-electron chi connectivity index (χ0n) is 11.9. The fourth-order valence-corrected chi connectivity index (χ4v) is 3.52. The van der Waals surface area contributed by atoms with Crippen LogP contribution >= 0.6 is 11.3 Å². The van der Waals surface area contributed by atoms with Gasteiger partial charge < -0.3 is 5.32 Å². The average Bonchev–Trinajstić information content (AvgIpc) is 3.23. The second-order valence-electron chi connectivity index (χ2n) is 5.29. The maximum absolute atomic E-state index is 12.9. The Kier molecular flexibility index (Phi) is 3.19. The lowest BCUT2D eigenvalue weighted by atomic mass is 10.2. The van der Waals surface area contributed by atoms with Crippen LogP contribution in [0.3, 0.4) is 0 Å². The Morgan fingerprint density at radius 1 is 1.17 bits per heavy atom. The molecule has 2 aromatic heterocycles. The minimum atomic E-state index is -4.36. The molecule has 0 atom stereocenters. The summed E-state index contributed by atoms with van der Waals surface area (Å²) in [5.74, 6) is 0.785. The van der Waals surface area contributed by atoms with Gasteiger partial charge in [-0.15, -0.1) is 11.3 Å². The van der Waals surface area contributed by atoms with Gasteiger partial charge in [-0.05, 0) is 36.1 Å². The van der Waals surface area contributed by atoms with E-state index in [2.05, 4.69) is 10.4 Å². The van der Waals surface area contributed by atoms with Gasteiger partial charge in [0.15, 0.2) is 0 Å². The van der Waals surface area contributed by atoms with E-state index in [0.29, 0.717) is 5.69 Å². The summed E-state index contributed by atoms with van der Waals surface area (Å²) in [5, 5.41) is 9.76. The summed E-state index contributed by atoms with van der Waals surface area (Å²) in [5.41, 5.74) is 1.64. The number of benzene rings is 1. The van der Waals surface area contributed by atoms with Gasteiger partial charge in [0.1, 0.15) is 11.5 Å². The number of nitrogens with zero attached hydrogens (tertiary/aromatic N) is 2. The average molecular weight is 335 g/mol. The lowest BCUT2D eigenvalue weighted by Crippen LogP contribution is -2.08. The van der Waals surface area contributed by atoms with Gasteiger partial charge in [0.25, 0.3) is 0 Å². The predicted octanol–water partition coefficient (Wildman–Crippen LogP) is 4.59. The normalized spacial score (nSPS) is 13.9. The van der Waals surface area contributed by atoms with Crippen LogP contribution in [0.5, 0.6) is 0 Å². The van der Waals surface area contributed by atoms with E-state index in [0.717, 1.165) is 47.1 Å². The van der Waals surface area contributed by atoms with Gasteiger partial charge in [-0.25, -0.2) is 4.68 Å². The summed E-state index contributed by atoms with van der Waals surface area (Å²) in [6.07, 6.45) is -3.54. The molecule has 3 aromatic rings. The molecule has 0 aliphatic carbocycles. The highest BCUT2D eigenvalue weighted by molar-refractivity contribution is 7.13. The van der Waals surface area contributed by atoms with Crippen LogP contribution in [0, 0.1) is 0 Å². The number of halogens is 3. The lowest BCUT2D eigenvalue weighted by molar-refractivity contribution is -0.137. The standard InChI is InChI=1S/C16H12F3N3S/c17-16(18,19)10-3-1-4-11(9-10)22-15-12(6-7-20-15)14(21-22)13-5-2-8-23-13/h1-5,8-9,20H,6-7H2. The number of fused-ring (bicyclic) bond motifs is 1. The first-order valence-corrected chi connectivity index (χ1v) is 7.99. The molecule has 3 nitrogen and oxygen atoms in total. The molecule has 4 rings (SSSR count). The monoisotopic (exact) mass is 335 g/mol. The molecule has 0 unspecified atom stereocenters. The molecule has 3 heterocycles. The zero-order valence-corrected chi connectivity index (χ0v) is 12.7. The molecule has 1 aliphatic rings. The van der Waals surface area contributed by atoms with E-state index in [1.807, 2.05) is 17.5 Å². The largest absolute Gasteiger partial charge is 0.416 e. The molecule has 0 amide bonds. The Morgan fingerprint density at radius 3 is 2.78 bits per heavy atom. The summed E-state index contributed by atoms with van der Waals surface area (Å²) in [7, 11) is 0. The Morgan fingerprint density at radius 2 is 2.04 bits per heavy atom. The van der Waals surface area contributed by atoms with Crippen LogP contribution in [0.1, 0.15) is 11.1 Å². The first-order chi connectivity index (χ1) is 11.0. The van der Waals surface area contributed by atoms with Crippen molar-refractivity contribution < 1.29 is 13.2 Å². The highest BCUT2D eigenvalue weighted by atomic mass is 32.1. The maximum atomic E-state index is 12.9. The highest BCUT2D eigenvalue weighted by Crippen LogP contribution is 2.37. The van der Waals surface area contributed by atoms with Crippen molar-refractivity contribution in [2.45, 2.75) is 12.6 Å². The fourth-order valence-electron chi connectivity index (χ4n) is 2.79. The molecular formula is C16H12F3N3S. The summed E-state index contributed by atoms with van der Waals surface area (Å²) in [4.78, 5) is 1.02. The summed E-state index contributed by atoms with van der Waals surface area (Å²) < 4.78 is 40.4. The minimum Gasteiger partial charge on any atom is -0.369 e. The lowest BCUT2D eigenvalue weighted by Gasteiger charge is -2.10. The van der Waals surface area contributed by atoms with Crippen LogP contribution in [0.25, 0.3) is 16.3 Å². The van der Waals surface area contributed by atoms with Crippen LogP contribution in [-0.4, -0.2) is 16.3 Å². The van der Waals surface area contributed by atoms with E-state index in [4.69, 9.17) is 0 Å². The number of rotatable bonds is 2. The van der Waals surface area contributed by atoms with Gasteiger partial charge in [-0.2, -0.15) is 18.3 Å². The van der Waals surface area contributed by atoms with Crippen molar-refractivity contribution in [1.29, 1.82) is 0 Å². The zero-order chi connectivity index (χ0) is 16.0. The minimum absolute atomic E-state index is 0.410. The summed E-state index contributed by atoms with van der Waals surface area (Å²) >= 11 is 1.57. The Bertz CT molecular complexity index is 850. The molecular weight excluding hydrogens is 323 g/mol. The molecule has 1 N–H and O–H groups in total. The van der Waals surface area contributed by atoms with E-state index in [9.17, 15) is 13.2 Å². The fraction of sp³-hybridized carbons (Fsp3) is 0.188. The van der Waals surface area contributed by atoms with Crippen LogP contribution in [-0.2, 0) is 12.6 Å². The van der Waals surface area contributed by atoms with Gasteiger partial charge in [0.2, 0.25) is 0 Å². The number of alkyl halides is 3. The second-order valence-corrected chi connectivity index (χ2v) is 6.24. The van der Waals surface area contributed by atoms with E-state index in [1.54, 1.807) is 22.1 Å². The molecule has 1 aliphatic heterocycles. The van der Waals surface area contributed by atoms with Crippen LogP contribution < -0.4 is 5.32 Å². The van der Waals surface area contributed by atoms with Crippen molar-refractivity contribution in [3.8, 4) is 16.3 Å². The van der Waals surface area contributed by atoms with Crippen molar-refractivity contribution in [1.82, 2.24) is 9.78 Å². The van der Waals surface area contributed by atoms with Crippen molar-refractivity contribution >= 4 is 17.2 Å². The molecule has 23 heavy (non-hydrogen) atoms. The van der Waals surface area contributed by atoms with Crippen molar-refractivity contribution in [3.05, 3.63) is 52.9 Å². The van der Waals surface area contributed by atoms with Gasteiger partial charge in [-0.1, -0.05) is 12.1 Å². The Balaban J connectivity index is 1.86. The molecule has 0 bridgehead atoms. The van der Waals surface area contributed by atoms with Crippen molar-refractivity contribution in [3.63, 3.8) is 0 Å². The SMILES string of the molecule is FC(F)(F)c1cccc(-n2nc(-c3cccs3)c3c2NCC3)c1. The first kappa shape index (κ1) is 14.3. The smallest absolute Gasteiger partial charge is 0.369 e. The highest BCUT2D eigenvalue weighted by Gasteiger charge is 2.31. The van der Waals surface area contributed by atoms with Crippen molar-refractivity contribution in [2.75, 3.05) is 11.9 Å². The molecule has 0 spiro atoms. The van der Waals surface area contributed by atoms with E-state index < -0.39 is 11.7 Å². The molecule has 0 fully saturated rings. The van der Waals surface area contributed by atoms with E-state index in [-0.39, 0.29) is 0 Å². The summed E-state index contributed by atoms with van der Waals surface area (Å²) in [6.45, 7) is 0.768. The first-order valence-electron chi connectivity index (χ1n) is 7.11. The third kappa shape index (κ3) is 2.41. The topological polar surface area (TPSA) is 29.9 Å². The van der Waals surface area contributed by atoms with Gasteiger partial charge in [0.05, 0.1) is 16.1 Å². The maximum Gasteiger partial charge on any atom is 0.416 e. The third-order valence-corrected chi connectivity index (χ3v) is 4.70. The number of thiophene rings is 1. The molecule has 0 radical (unpaired) electrons. The van der Waals surface area contributed by atoms with Gasteiger partial charge in [0, 0.05) is 12.1 Å². The van der Waals surface area contributed by atoms with E-state index in [1.165, 1.54) is 6.07 Å². The molecule has 0 saturated heterocycles. The molecule has 7 heteroatoms.